The molecule has 2 aliphatic rings. The third-order valence-electron chi connectivity index (χ3n) is 5.96. The highest BCUT2D eigenvalue weighted by Crippen LogP contribution is 2.28. The number of hydrogen-bond acceptors (Lipinski definition) is 4. The Morgan fingerprint density at radius 1 is 1.14 bits per heavy atom. The topological polar surface area (TPSA) is 78.7 Å². The fourth-order valence-electron chi connectivity index (χ4n) is 4.34. The molecule has 1 aliphatic carbocycles. The van der Waals surface area contributed by atoms with E-state index in [9.17, 15) is 14.7 Å². The van der Waals surface area contributed by atoms with Gasteiger partial charge in [0.25, 0.3) is 0 Å². The molecule has 1 aromatic heterocycles. The summed E-state index contributed by atoms with van der Waals surface area (Å²) >= 11 is 6.24. The van der Waals surface area contributed by atoms with Crippen molar-refractivity contribution in [2.75, 3.05) is 31.1 Å². The summed E-state index contributed by atoms with van der Waals surface area (Å²) in [5, 5.41) is 14.4. The van der Waals surface area contributed by atoms with Crippen LogP contribution in [0.3, 0.4) is 0 Å². The van der Waals surface area contributed by atoms with Crippen LogP contribution in [0.1, 0.15) is 40.2 Å². The number of halogens is 1. The van der Waals surface area contributed by atoms with E-state index in [0.717, 1.165) is 66.3 Å². The second-order valence-corrected chi connectivity index (χ2v) is 8.10. The minimum atomic E-state index is -1.01. The molecule has 154 valence electrons. The van der Waals surface area contributed by atoms with Crippen LogP contribution < -0.4 is 4.90 Å². The monoisotopic (exact) mass is 416 g/mol. The Labute approximate surface area is 174 Å². The highest BCUT2D eigenvalue weighted by molar-refractivity contribution is 6.31. The number of carboxylic acid groups (broad SMARTS) is 1. The second kappa shape index (κ2) is 8.06. The third-order valence-corrected chi connectivity index (χ3v) is 6.37. The highest BCUT2D eigenvalue weighted by atomic mass is 35.5. The van der Waals surface area contributed by atoms with Crippen molar-refractivity contribution in [3.05, 3.63) is 45.7 Å². The van der Waals surface area contributed by atoms with Gasteiger partial charge in [-0.25, -0.2) is 4.79 Å². The number of fused-ring (bicyclic) bond motifs is 1. The van der Waals surface area contributed by atoms with Crippen LogP contribution in [-0.4, -0.2) is 57.8 Å². The number of carboxylic acids is 1. The molecular weight excluding hydrogens is 392 g/mol. The van der Waals surface area contributed by atoms with Crippen LogP contribution in [0.2, 0.25) is 5.02 Å². The molecule has 0 unspecified atom stereocenters. The Morgan fingerprint density at radius 2 is 1.86 bits per heavy atom. The largest absolute Gasteiger partial charge is 0.476 e. The van der Waals surface area contributed by atoms with Crippen LogP contribution in [0.5, 0.6) is 0 Å². The van der Waals surface area contributed by atoms with Gasteiger partial charge in [0.2, 0.25) is 5.91 Å². The van der Waals surface area contributed by atoms with Gasteiger partial charge in [-0.3, -0.25) is 9.48 Å². The van der Waals surface area contributed by atoms with Crippen molar-refractivity contribution in [3.8, 4) is 0 Å². The first kappa shape index (κ1) is 19.8. The lowest BCUT2D eigenvalue weighted by Gasteiger charge is -2.37. The van der Waals surface area contributed by atoms with Crippen molar-refractivity contribution in [1.82, 2.24) is 14.7 Å². The molecule has 2 aromatic rings. The number of nitrogens with zero attached hydrogens (tertiary/aromatic N) is 4. The van der Waals surface area contributed by atoms with E-state index < -0.39 is 5.97 Å². The van der Waals surface area contributed by atoms with Gasteiger partial charge >= 0.3 is 5.97 Å². The molecule has 0 radical (unpaired) electrons. The Bertz CT molecular complexity index is 948. The molecule has 0 bridgehead atoms. The van der Waals surface area contributed by atoms with Gasteiger partial charge in [0.15, 0.2) is 5.69 Å². The van der Waals surface area contributed by atoms with Crippen LogP contribution >= 0.6 is 11.6 Å². The highest BCUT2D eigenvalue weighted by Gasteiger charge is 2.28. The maximum absolute atomic E-state index is 12.9. The number of benzene rings is 1. The van der Waals surface area contributed by atoms with Gasteiger partial charge < -0.3 is 14.9 Å². The molecule has 0 saturated carbocycles. The number of aromatic carboxylic acids is 1. The molecule has 0 atom stereocenters. The summed E-state index contributed by atoms with van der Waals surface area (Å²) in [6.45, 7) is 4.84. The lowest BCUT2D eigenvalue weighted by atomic mass is 9.96. The number of hydrogen-bond donors (Lipinski definition) is 1. The van der Waals surface area contributed by atoms with E-state index >= 15 is 0 Å². The van der Waals surface area contributed by atoms with Crippen LogP contribution in [0.25, 0.3) is 0 Å². The van der Waals surface area contributed by atoms with Crippen molar-refractivity contribution in [1.29, 1.82) is 0 Å². The predicted molar refractivity (Wildman–Crippen MR) is 111 cm³/mol. The number of rotatable bonds is 4. The molecule has 7 nitrogen and oxygen atoms in total. The van der Waals surface area contributed by atoms with E-state index in [-0.39, 0.29) is 18.1 Å². The Hall–Kier alpha value is -2.54. The molecular formula is C21H25ClN4O3. The van der Waals surface area contributed by atoms with Gasteiger partial charge in [-0.2, -0.15) is 5.10 Å². The number of aromatic nitrogens is 2. The van der Waals surface area contributed by atoms with Crippen LogP contribution in [0, 0.1) is 6.92 Å². The first-order valence-electron chi connectivity index (χ1n) is 10.1. The normalized spacial score (nSPS) is 16.6. The molecule has 0 spiro atoms. The molecule has 1 N–H and O–H groups in total. The Morgan fingerprint density at radius 3 is 2.59 bits per heavy atom. The molecule has 8 heteroatoms. The fourth-order valence-corrected chi connectivity index (χ4v) is 4.51. The summed E-state index contributed by atoms with van der Waals surface area (Å²) in [5.41, 5.74) is 3.98. The smallest absolute Gasteiger partial charge is 0.356 e. The molecule has 1 amide bonds. The number of anilines is 1. The average molecular weight is 417 g/mol. The lowest BCUT2D eigenvalue weighted by molar-refractivity contribution is -0.132. The predicted octanol–water partition coefficient (Wildman–Crippen LogP) is 2.77. The summed E-state index contributed by atoms with van der Waals surface area (Å²) in [7, 11) is 0. The van der Waals surface area contributed by atoms with E-state index in [0.29, 0.717) is 13.1 Å². The van der Waals surface area contributed by atoms with Crippen molar-refractivity contribution in [3.63, 3.8) is 0 Å². The summed E-state index contributed by atoms with van der Waals surface area (Å²) < 4.78 is 1.62. The Balaban J connectivity index is 1.43. The summed E-state index contributed by atoms with van der Waals surface area (Å²) in [6.07, 6.45) is 3.48. The van der Waals surface area contributed by atoms with E-state index in [1.165, 1.54) is 0 Å². The molecule has 1 saturated heterocycles. The van der Waals surface area contributed by atoms with E-state index in [1.54, 1.807) is 4.68 Å². The molecule has 1 aromatic carbocycles. The van der Waals surface area contributed by atoms with Gasteiger partial charge in [0.1, 0.15) is 6.54 Å². The van der Waals surface area contributed by atoms with Gasteiger partial charge in [0, 0.05) is 48.1 Å². The molecule has 29 heavy (non-hydrogen) atoms. The van der Waals surface area contributed by atoms with Crippen LogP contribution in [0.4, 0.5) is 5.69 Å². The van der Waals surface area contributed by atoms with Gasteiger partial charge in [-0.1, -0.05) is 17.7 Å². The standard InChI is InChI=1S/C21H25ClN4O3/c1-14-16(22)6-4-8-17(14)24-9-11-25(12-10-24)19(27)13-26-18-7-3-2-5-15(18)20(23-26)21(28)29/h4,6,8H,2-3,5,7,9-13H2,1H3,(H,28,29). The fraction of sp³-hybridized carbons (Fsp3) is 0.476. The van der Waals surface area contributed by atoms with E-state index in [4.69, 9.17) is 11.6 Å². The Kier molecular flexibility index (Phi) is 5.50. The van der Waals surface area contributed by atoms with Gasteiger partial charge in [-0.05, 0) is 50.3 Å². The zero-order valence-corrected chi connectivity index (χ0v) is 17.3. The van der Waals surface area contributed by atoms with Crippen molar-refractivity contribution < 1.29 is 14.7 Å². The minimum absolute atomic E-state index is 0.0136. The first-order valence-corrected chi connectivity index (χ1v) is 10.4. The molecule has 4 rings (SSSR count). The van der Waals surface area contributed by atoms with Crippen LogP contribution in [-0.2, 0) is 24.2 Å². The van der Waals surface area contributed by atoms with Crippen LogP contribution in [0.15, 0.2) is 18.2 Å². The maximum Gasteiger partial charge on any atom is 0.356 e. The summed E-state index contributed by atoms with van der Waals surface area (Å²) in [6, 6.07) is 5.89. The number of amides is 1. The zero-order valence-electron chi connectivity index (χ0n) is 16.5. The van der Waals surface area contributed by atoms with E-state index in [1.807, 2.05) is 24.0 Å². The summed E-state index contributed by atoms with van der Waals surface area (Å²) in [4.78, 5) is 28.5. The number of carbonyl (C=O) groups is 2. The number of carbonyl (C=O) groups excluding carboxylic acids is 1. The quantitative estimate of drug-likeness (QED) is 0.829. The lowest BCUT2D eigenvalue weighted by Crippen LogP contribution is -2.50. The molecule has 2 heterocycles. The van der Waals surface area contributed by atoms with E-state index in [2.05, 4.69) is 16.1 Å². The molecule has 1 aliphatic heterocycles. The van der Waals surface area contributed by atoms with Crippen molar-refractivity contribution >= 4 is 29.2 Å². The van der Waals surface area contributed by atoms with Crippen molar-refractivity contribution in [2.24, 2.45) is 0 Å². The summed E-state index contributed by atoms with van der Waals surface area (Å²) in [5.74, 6) is -1.03. The van der Waals surface area contributed by atoms with Gasteiger partial charge in [0.05, 0.1) is 0 Å². The first-order chi connectivity index (χ1) is 14.0. The SMILES string of the molecule is Cc1c(Cl)cccc1N1CCN(C(=O)Cn2nc(C(=O)O)c3c2CCCC3)CC1. The van der Waals surface area contributed by atoms with Crippen molar-refractivity contribution in [2.45, 2.75) is 39.2 Å². The van der Waals surface area contributed by atoms with Gasteiger partial charge in [-0.15, -0.1) is 0 Å². The second-order valence-electron chi connectivity index (χ2n) is 7.70. The zero-order chi connectivity index (χ0) is 20.5. The average Bonchev–Trinajstić information content (AvgIpc) is 3.09. The minimum Gasteiger partial charge on any atom is -0.476 e. The number of piperazine rings is 1. The maximum atomic E-state index is 12.9. The third kappa shape index (κ3) is 3.83. The molecule has 1 fully saturated rings.